The zero-order valence-corrected chi connectivity index (χ0v) is 8.28. The maximum atomic E-state index is 10.9. The molecule has 7 nitrogen and oxygen atoms in total. The molecular weight excluding hydrogens is 218 g/mol. The van der Waals surface area contributed by atoms with E-state index in [1.165, 1.54) is 6.92 Å². The number of carbonyl (C=O) groups is 2. The van der Waals surface area contributed by atoms with Crippen LogP contribution in [0.1, 0.15) is 6.92 Å². The first-order valence-electron chi connectivity index (χ1n) is 4.30. The van der Waals surface area contributed by atoms with Gasteiger partial charge in [0.25, 0.3) is 6.04 Å². The summed E-state index contributed by atoms with van der Waals surface area (Å²) < 4.78 is 0. The van der Waals surface area contributed by atoms with Gasteiger partial charge in [0.15, 0.2) is 5.41 Å². The van der Waals surface area contributed by atoms with E-state index in [0.29, 0.717) is 0 Å². The van der Waals surface area contributed by atoms with E-state index in [-0.39, 0.29) is 5.57 Å². The number of rotatable bonds is 3. The third-order valence-corrected chi connectivity index (χ3v) is 2.50. The zero-order chi connectivity index (χ0) is 12.5. The second-order valence-electron chi connectivity index (χ2n) is 3.58. The third-order valence-electron chi connectivity index (χ3n) is 2.50. The summed E-state index contributed by atoms with van der Waals surface area (Å²) in [4.78, 5) is 31.5. The number of hydrogen-bond donors (Lipinski definition) is 2. The fourth-order valence-corrected chi connectivity index (χ4v) is 1.38. The van der Waals surface area contributed by atoms with E-state index in [2.05, 4.69) is 0 Å². The Kier molecular flexibility index (Phi) is 2.80. The van der Waals surface area contributed by atoms with Crippen LogP contribution in [-0.4, -0.2) is 33.1 Å². The summed E-state index contributed by atoms with van der Waals surface area (Å²) in [5.74, 6) is -2.69. The van der Waals surface area contributed by atoms with Gasteiger partial charge in [-0.1, -0.05) is 12.2 Å². The summed E-state index contributed by atoms with van der Waals surface area (Å²) in [6.45, 7) is 1.18. The zero-order valence-electron chi connectivity index (χ0n) is 8.28. The van der Waals surface area contributed by atoms with Crippen molar-refractivity contribution in [2.75, 3.05) is 0 Å². The number of nitrogens with zero attached hydrogens (tertiary/aromatic N) is 1. The Hall–Kier alpha value is -2.18. The molecule has 0 radical (unpaired) electrons. The Morgan fingerprint density at radius 1 is 1.50 bits per heavy atom. The van der Waals surface area contributed by atoms with Crippen LogP contribution >= 0.6 is 0 Å². The van der Waals surface area contributed by atoms with Gasteiger partial charge in [-0.3, -0.25) is 14.9 Å². The maximum Gasteiger partial charge on any atom is 0.335 e. The lowest BCUT2D eigenvalue weighted by atomic mass is 9.78. The number of carboxylic acids is 2. The summed E-state index contributed by atoms with van der Waals surface area (Å²) in [7, 11) is 0. The van der Waals surface area contributed by atoms with E-state index < -0.39 is 28.3 Å². The van der Waals surface area contributed by atoms with Gasteiger partial charge in [0, 0.05) is 11.0 Å². The van der Waals surface area contributed by atoms with Gasteiger partial charge in [-0.25, -0.2) is 4.79 Å². The molecule has 2 unspecified atom stereocenters. The first-order chi connectivity index (χ1) is 7.29. The van der Waals surface area contributed by atoms with E-state index in [0.717, 1.165) is 18.2 Å². The molecule has 0 aromatic heterocycles. The van der Waals surface area contributed by atoms with Crippen LogP contribution in [0.5, 0.6) is 0 Å². The number of hydrogen-bond acceptors (Lipinski definition) is 4. The molecule has 0 bridgehead atoms. The Balaban J connectivity index is 3.22. The lowest BCUT2D eigenvalue weighted by Crippen LogP contribution is -2.43. The van der Waals surface area contributed by atoms with Crippen molar-refractivity contribution in [3.63, 3.8) is 0 Å². The van der Waals surface area contributed by atoms with Crippen molar-refractivity contribution in [3.05, 3.63) is 33.9 Å². The molecule has 7 heteroatoms. The van der Waals surface area contributed by atoms with Crippen molar-refractivity contribution in [1.82, 2.24) is 0 Å². The second-order valence-corrected chi connectivity index (χ2v) is 3.58. The molecule has 0 saturated heterocycles. The Morgan fingerprint density at radius 3 is 2.44 bits per heavy atom. The van der Waals surface area contributed by atoms with Gasteiger partial charge in [-0.2, -0.15) is 0 Å². The predicted molar refractivity (Wildman–Crippen MR) is 51.4 cm³/mol. The van der Waals surface area contributed by atoms with Gasteiger partial charge in [0.05, 0.1) is 5.57 Å². The SMILES string of the molecule is CC1(C(=O)O)C=CC(C(=O)O)=CC1[N+](=O)[O-]. The summed E-state index contributed by atoms with van der Waals surface area (Å²) in [6.07, 6.45) is 2.94. The van der Waals surface area contributed by atoms with Crippen LogP contribution in [0.25, 0.3) is 0 Å². The molecule has 16 heavy (non-hydrogen) atoms. The Morgan fingerprint density at radius 2 is 2.06 bits per heavy atom. The number of nitro groups is 1. The van der Waals surface area contributed by atoms with Crippen LogP contribution in [-0.2, 0) is 9.59 Å². The lowest BCUT2D eigenvalue weighted by molar-refractivity contribution is -0.522. The molecule has 0 aliphatic heterocycles. The number of aliphatic carboxylic acids is 2. The van der Waals surface area contributed by atoms with E-state index >= 15 is 0 Å². The van der Waals surface area contributed by atoms with Crippen LogP contribution in [0.15, 0.2) is 23.8 Å². The van der Waals surface area contributed by atoms with Crippen molar-refractivity contribution in [1.29, 1.82) is 0 Å². The van der Waals surface area contributed by atoms with Crippen LogP contribution in [0.4, 0.5) is 0 Å². The molecule has 86 valence electrons. The predicted octanol–water partition coefficient (Wildman–Crippen LogP) is 0.303. The monoisotopic (exact) mass is 227 g/mol. The molecule has 0 amide bonds. The molecular formula is C9H9NO6. The molecule has 0 aromatic rings. The molecule has 0 aromatic carbocycles. The molecule has 0 saturated carbocycles. The van der Waals surface area contributed by atoms with E-state index in [9.17, 15) is 19.7 Å². The minimum absolute atomic E-state index is 0.277. The topological polar surface area (TPSA) is 118 Å². The summed E-state index contributed by atoms with van der Waals surface area (Å²) >= 11 is 0. The molecule has 2 N–H and O–H groups in total. The largest absolute Gasteiger partial charge is 0.480 e. The van der Waals surface area contributed by atoms with Gasteiger partial charge in [0.1, 0.15) is 0 Å². The maximum absolute atomic E-state index is 10.9. The molecule has 1 aliphatic rings. The highest BCUT2D eigenvalue weighted by atomic mass is 16.6. The van der Waals surface area contributed by atoms with E-state index in [1.807, 2.05) is 0 Å². The first-order valence-corrected chi connectivity index (χ1v) is 4.30. The quantitative estimate of drug-likeness (QED) is 0.529. The van der Waals surface area contributed by atoms with Crippen LogP contribution in [0, 0.1) is 15.5 Å². The highest BCUT2D eigenvalue weighted by molar-refractivity contribution is 5.91. The lowest BCUT2D eigenvalue weighted by Gasteiger charge is -2.25. The van der Waals surface area contributed by atoms with Crippen LogP contribution < -0.4 is 0 Å². The highest BCUT2D eigenvalue weighted by Crippen LogP contribution is 2.32. The number of carboxylic acid groups (broad SMARTS) is 2. The minimum Gasteiger partial charge on any atom is -0.480 e. The van der Waals surface area contributed by atoms with Crippen molar-refractivity contribution in [2.45, 2.75) is 13.0 Å². The van der Waals surface area contributed by atoms with Gasteiger partial charge < -0.3 is 10.2 Å². The molecule has 1 aliphatic carbocycles. The van der Waals surface area contributed by atoms with Crippen LogP contribution in [0.3, 0.4) is 0 Å². The van der Waals surface area contributed by atoms with Gasteiger partial charge in [-0.15, -0.1) is 0 Å². The summed E-state index contributed by atoms with van der Waals surface area (Å²) in [6, 6.07) is -1.58. The molecule has 0 spiro atoms. The van der Waals surface area contributed by atoms with Crippen molar-refractivity contribution < 1.29 is 24.7 Å². The fourth-order valence-electron chi connectivity index (χ4n) is 1.38. The molecule has 0 heterocycles. The van der Waals surface area contributed by atoms with Crippen LogP contribution in [0.2, 0.25) is 0 Å². The Labute approximate surface area is 89.8 Å². The summed E-state index contributed by atoms with van der Waals surface area (Å²) in [5.41, 5.74) is -2.00. The van der Waals surface area contributed by atoms with E-state index in [1.54, 1.807) is 0 Å². The van der Waals surface area contributed by atoms with Crippen molar-refractivity contribution in [2.24, 2.45) is 5.41 Å². The van der Waals surface area contributed by atoms with Gasteiger partial charge >= 0.3 is 11.9 Å². The van der Waals surface area contributed by atoms with E-state index in [4.69, 9.17) is 10.2 Å². The second kappa shape index (κ2) is 3.76. The van der Waals surface area contributed by atoms with Crippen molar-refractivity contribution in [3.8, 4) is 0 Å². The standard InChI is InChI=1S/C9H9NO6/c1-9(8(13)14)3-2-5(7(11)12)4-6(9)10(15)16/h2-4,6H,1H3,(H,11,12)(H,13,14). The average molecular weight is 227 g/mol. The Bertz CT molecular complexity index is 424. The minimum atomic E-state index is -1.72. The van der Waals surface area contributed by atoms with Gasteiger partial charge in [0.2, 0.25) is 0 Å². The average Bonchev–Trinajstić information content (AvgIpc) is 2.17. The molecule has 0 fully saturated rings. The normalized spacial score (nSPS) is 28.3. The summed E-state index contributed by atoms with van der Waals surface area (Å²) in [5, 5.41) is 28.3. The third kappa shape index (κ3) is 1.79. The fraction of sp³-hybridized carbons (Fsp3) is 0.333. The smallest absolute Gasteiger partial charge is 0.335 e. The molecule has 2 atom stereocenters. The highest BCUT2D eigenvalue weighted by Gasteiger charge is 2.48. The first kappa shape index (κ1) is 11.9. The van der Waals surface area contributed by atoms with Gasteiger partial charge in [-0.05, 0) is 6.92 Å². The van der Waals surface area contributed by atoms with Crippen molar-refractivity contribution >= 4 is 11.9 Å². The molecule has 1 rings (SSSR count).